The topological polar surface area (TPSA) is 104 Å². The van der Waals surface area contributed by atoms with Crippen LogP contribution in [0.2, 0.25) is 5.02 Å². The van der Waals surface area contributed by atoms with Crippen LogP contribution in [0, 0.1) is 6.92 Å². The van der Waals surface area contributed by atoms with Crippen LogP contribution >= 0.6 is 11.6 Å². The minimum atomic E-state index is -4.68. The number of esters is 1. The Hall–Kier alpha value is -3.60. The number of alkyl halides is 3. The van der Waals surface area contributed by atoms with E-state index in [1.165, 1.54) is 37.3 Å². The Kier molecular flexibility index (Phi) is 7.22. The molecule has 8 nitrogen and oxygen atoms in total. The molecule has 0 spiro atoms. The van der Waals surface area contributed by atoms with Crippen molar-refractivity contribution in [2.24, 2.45) is 0 Å². The van der Waals surface area contributed by atoms with Crippen LogP contribution in [-0.4, -0.2) is 28.1 Å². The molecule has 33 heavy (non-hydrogen) atoms. The highest BCUT2D eigenvalue weighted by molar-refractivity contribution is 6.31. The molecular formula is C21H17ClF3N3O5. The Balaban J connectivity index is 1.55. The number of aromatic nitrogens is 2. The van der Waals surface area contributed by atoms with Gasteiger partial charge < -0.3 is 19.3 Å². The van der Waals surface area contributed by atoms with Crippen molar-refractivity contribution in [1.29, 1.82) is 0 Å². The smallest absolute Gasteiger partial charge is 0.417 e. The molecule has 0 saturated heterocycles. The third kappa shape index (κ3) is 6.45. The second-order valence-electron chi connectivity index (χ2n) is 6.77. The van der Waals surface area contributed by atoms with Crippen molar-refractivity contribution >= 4 is 29.2 Å². The normalized spacial score (nSPS) is 12.2. The number of benzene rings is 2. The molecule has 0 aliphatic rings. The van der Waals surface area contributed by atoms with Gasteiger partial charge in [0.15, 0.2) is 12.7 Å². The van der Waals surface area contributed by atoms with Crippen molar-refractivity contribution in [2.75, 3.05) is 5.32 Å². The van der Waals surface area contributed by atoms with E-state index < -0.39 is 34.7 Å². The van der Waals surface area contributed by atoms with Gasteiger partial charge in [-0.25, -0.2) is 4.79 Å². The first-order valence-electron chi connectivity index (χ1n) is 9.43. The predicted molar refractivity (Wildman–Crippen MR) is 110 cm³/mol. The fourth-order valence-corrected chi connectivity index (χ4v) is 2.81. The van der Waals surface area contributed by atoms with Crippen LogP contribution in [0.4, 0.5) is 18.9 Å². The summed E-state index contributed by atoms with van der Waals surface area (Å²) in [6, 6.07) is 8.81. The zero-order chi connectivity index (χ0) is 24.2. The fourth-order valence-electron chi connectivity index (χ4n) is 2.58. The summed E-state index contributed by atoms with van der Waals surface area (Å²) in [6.45, 7) is 3.00. The van der Waals surface area contributed by atoms with Crippen molar-refractivity contribution in [1.82, 2.24) is 10.1 Å². The number of carbonyl (C=O) groups is 2. The Morgan fingerprint density at radius 2 is 1.88 bits per heavy atom. The lowest BCUT2D eigenvalue weighted by molar-refractivity contribution is -0.137. The van der Waals surface area contributed by atoms with Crippen molar-refractivity contribution in [3.8, 4) is 5.75 Å². The summed E-state index contributed by atoms with van der Waals surface area (Å²) >= 11 is 5.56. The molecule has 1 aromatic heterocycles. The maximum absolute atomic E-state index is 13.0. The Bertz CT molecular complexity index is 1150. The van der Waals surface area contributed by atoms with E-state index in [2.05, 4.69) is 15.5 Å². The maximum Gasteiger partial charge on any atom is 0.417 e. The molecule has 3 rings (SSSR count). The highest BCUT2D eigenvalue weighted by atomic mass is 35.5. The van der Waals surface area contributed by atoms with Gasteiger partial charge in [0.1, 0.15) is 5.75 Å². The zero-order valence-corrected chi connectivity index (χ0v) is 18.0. The van der Waals surface area contributed by atoms with E-state index in [-0.39, 0.29) is 17.9 Å². The Labute approximate surface area is 190 Å². The third-order valence-corrected chi connectivity index (χ3v) is 4.55. The molecular weight excluding hydrogens is 467 g/mol. The van der Waals surface area contributed by atoms with E-state index in [9.17, 15) is 22.8 Å². The van der Waals surface area contributed by atoms with Crippen LogP contribution in [0.15, 0.2) is 47.0 Å². The van der Waals surface area contributed by atoms with Crippen molar-refractivity contribution < 1.29 is 36.8 Å². The largest absolute Gasteiger partial charge is 0.485 e. The van der Waals surface area contributed by atoms with Crippen LogP contribution in [0.5, 0.6) is 5.75 Å². The van der Waals surface area contributed by atoms with Crippen molar-refractivity contribution in [2.45, 2.75) is 32.7 Å². The Morgan fingerprint density at radius 3 is 2.48 bits per heavy atom. The van der Waals surface area contributed by atoms with Gasteiger partial charge in [-0.05, 0) is 49.4 Å². The van der Waals surface area contributed by atoms with Crippen LogP contribution in [0.1, 0.15) is 34.6 Å². The molecule has 3 aromatic rings. The minimum Gasteiger partial charge on any atom is -0.485 e. The van der Waals surface area contributed by atoms with E-state index in [0.29, 0.717) is 23.5 Å². The highest BCUT2D eigenvalue weighted by Gasteiger charge is 2.33. The molecule has 0 aliphatic carbocycles. The number of nitrogens with zero attached hydrogens (tertiary/aromatic N) is 2. The van der Waals surface area contributed by atoms with Gasteiger partial charge in [0.25, 0.3) is 5.91 Å². The lowest BCUT2D eigenvalue weighted by Crippen LogP contribution is -2.30. The second-order valence-corrected chi connectivity index (χ2v) is 7.18. The van der Waals surface area contributed by atoms with Crippen LogP contribution < -0.4 is 10.1 Å². The number of hydrogen-bond donors (Lipinski definition) is 1. The number of rotatable bonds is 7. The highest BCUT2D eigenvalue weighted by Crippen LogP contribution is 2.36. The van der Waals surface area contributed by atoms with Crippen LogP contribution in [0.3, 0.4) is 0 Å². The van der Waals surface area contributed by atoms with Crippen molar-refractivity contribution in [3.05, 3.63) is 70.3 Å². The molecule has 1 heterocycles. The van der Waals surface area contributed by atoms with Gasteiger partial charge in [-0.3, -0.25) is 4.79 Å². The van der Waals surface area contributed by atoms with Gasteiger partial charge in [0, 0.05) is 12.6 Å². The second kappa shape index (κ2) is 9.90. The molecule has 0 fully saturated rings. The summed E-state index contributed by atoms with van der Waals surface area (Å²) in [5.41, 5.74) is -1.09. The third-order valence-electron chi connectivity index (χ3n) is 4.22. The first-order valence-corrected chi connectivity index (χ1v) is 9.81. The van der Waals surface area contributed by atoms with E-state index >= 15 is 0 Å². The maximum atomic E-state index is 13.0. The van der Waals surface area contributed by atoms with E-state index in [0.717, 1.165) is 6.07 Å². The number of aryl methyl sites for hydroxylation is 1. The summed E-state index contributed by atoms with van der Waals surface area (Å²) in [5.74, 6) is -0.414. The summed E-state index contributed by atoms with van der Waals surface area (Å²) < 4.78 is 54.3. The molecule has 1 N–H and O–H groups in total. The lowest BCUT2D eigenvalue weighted by atomic mass is 10.2. The summed E-state index contributed by atoms with van der Waals surface area (Å²) in [5, 5.41) is 5.46. The number of carbonyl (C=O) groups excluding carboxylic acids is 2. The molecule has 1 amide bonds. The summed E-state index contributed by atoms with van der Waals surface area (Å²) in [4.78, 5) is 28.5. The number of ether oxygens (including phenoxy) is 2. The molecule has 0 radical (unpaired) electrons. The van der Waals surface area contributed by atoms with Gasteiger partial charge in [-0.15, -0.1) is 0 Å². The fraction of sp³-hybridized carbons (Fsp3) is 0.238. The first kappa shape index (κ1) is 24.1. The zero-order valence-electron chi connectivity index (χ0n) is 17.3. The van der Waals surface area contributed by atoms with Crippen LogP contribution in [-0.2, 0) is 22.3 Å². The van der Waals surface area contributed by atoms with Gasteiger partial charge in [-0.2, -0.15) is 18.2 Å². The molecule has 1 unspecified atom stereocenters. The molecule has 12 heteroatoms. The number of hydrogen-bond acceptors (Lipinski definition) is 7. The number of anilines is 1. The number of halogens is 4. The van der Waals surface area contributed by atoms with E-state index in [1.54, 1.807) is 6.92 Å². The first-order chi connectivity index (χ1) is 15.5. The number of amides is 1. The standard InChI is InChI=1S/C21H17ClF3N3O5/c1-11(19(29)27-14-5-8-17(22)16(9-14)21(23,24)25)32-20(30)13-3-6-15(7-4-13)31-10-18-26-12(2)33-28-18/h3-9,11H,10H2,1-2H3,(H,27,29). The van der Waals surface area contributed by atoms with Gasteiger partial charge in [0.05, 0.1) is 16.1 Å². The molecule has 174 valence electrons. The van der Waals surface area contributed by atoms with Crippen molar-refractivity contribution in [3.63, 3.8) is 0 Å². The quantitative estimate of drug-likeness (QED) is 0.481. The van der Waals surface area contributed by atoms with Gasteiger partial charge in [-0.1, -0.05) is 16.8 Å². The summed E-state index contributed by atoms with van der Waals surface area (Å²) in [7, 11) is 0. The average Bonchev–Trinajstić information content (AvgIpc) is 3.18. The predicted octanol–water partition coefficient (Wildman–Crippen LogP) is 4.81. The lowest BCUT2D eigenvalue weighted by Gasteiger charge is -2.15. The molecule has 2 aromatic carbocycles. The molecule has 0 bridgehead atoms. The van der Waals surface area contributed by atoms with Crippen LogP contribution in [0.25, 0.3) is 0 Å². The van der Waals surface area contributed by atoms with Gasteiger partial charge in [0.2, 0.25) is 11.7 Å². The average molecular weight is 484 g/mol. The van der Waals surface area contributed by atoms with Gasteiger partial charge >= 0.3 is 12.1 Å². The molecule has 0 saturated carbocycles. The molecule has 1 atom stereocenters. The Morgan fingerprint density at radius 1 is 1.18 bits per heavy atom. The van der Waals surface area contributed by atoms with E-state index in [1.807, 2.05) is 0 Å². The van der Waals surface area contributed by atoms with E-state index in [4.69, 9.17) is 25.6 Å². The SMILES string of the molecule is Cc1nc(COc2ccc(C(=O)OC(C)C(=O)Nc3ccc(Cl)c(C(F)(F)F)c3)cc2)no1. The summed E-state index contributed by atoms with van der Waals surface area (Å²) in [6.07, 6.45) is -5.96. The number of nitrogens with one attached hydrogen (secondary N) is 1. The molecule has 0 aliphatic heterocycles. The monoisotopic (exact) mass is 483 g/mol. The minimum absolute atomic E-state index is 0.0685.